The number of para-hydroxylation sites is 1. The van der Waals surface area contributed by atoms with Gasteiger partial charge >= 0.3 is 0 Å². The van der Waals surface area contributed by atoms with Gasteiger partial charge in [0.2, 0.25) is 5.13 Å². The van der Waals surface area contributed by atoms with Crippen molar-refractivity contribution < 1.29 is 4.79 Å². The van der Waals surface area contributed by atoms with Gasteiger partial charge in [0.15, 0.2) is 0 Å². The fourth-order valence-corrected chi connectivity index (χ4v) is 4.96. The summed E-state index contributed by atoms with van der Waals surface area (Å²) >= 11 is 4.79. The van der Waals surface area contributed by atoms with E-state index in [1.807, 2.05) is 60.7 Å². The molecular formula is C25H18BrN5O2S. The first-order valence-electron chi connectivity index (χ1n) is 10.4. The molecule has 0 atom stereocenters. The second-order valence-electron chi connectivity index (χ2n) is 7.45. The standard InChI is InChI=1S/C25H18BrN5O2S/c1-15(28-29-23(32)17-11-5-6-12-18(17)26)21-22(16-9-3-2-4-10-16)30-31(24(21)33)25-27-19-13-7-8-14-20(19)34-25/h2-14,30H,1H3,(H,29,32). The maximum atomic E-state index is 13.5. The number of carbonyl (C=O) groups is 1. The van der Waals surface area contributed by atoms with Crippen molar-refractivity contribution in [3.8, 4) is 16.4 Å². The molecule has 2 N–H and O–H groups in total. The van der Waals surface area contributed by atoms with Crippen LogP contribution < -0.4 is 11.0 Å². The summed E-state index contributed by atoms with van der Waals surface area (Å²) in [5, 5.41) is 7.99. The van der Waals surface area contributed by atoms with Crippen molar-refractivity contribution in [3.05, 3.63) is 105 Å². The van der Waals surface area contributed by atoms with Gasteiger partial charge in [0.1, 0.15) is 0 Å². The second kappa shape index (κ2) is 9.20. The molecule has 9 heteroatoms. The summed E-state index contributed by atoms with van der Waals surface area (Å²) in [6, 6.07) is 24.3. The van der Waals surface area contributed by atoms with Crippen LogP contribution in [-0.4, -0.2) is 26.4 Å². The Morgan fingerprint density at radius 3 is 2.50 bits per heavy atom. The molecule has 0 aliphatic rings. The van der Waals surface area contributed by atoms with E-state index in [1.165, 1.54) is 16.0 Å². The minimum atomic E-state index is -0.380. The first kappa shape index (κ1) is 22.0. The number of hydrazone groups is 1. The maximum absolute atomic E-state index is 13.5. The number of halogens is 1. The number of nitrogens with one attached hydrogen (secondary N) is 2. The zero-order chi connectivity index (χ0) is 23.7. The quantitative estimate of drug-likeness (QED) is 0.236. The third kappa shape index (κ3) is 4.11. The van der Waals surface area contributed by atoms with Crippen molar-refractivity contribution in [1.82, 2.24) is 20.2 Å². The van der Waals surface area contributed by atoms with E-state index in [9.17, 15) is 9.59 Å². The van der Waals surface area contributed by atoms with Gasteiger partial charge in [0, 0.05) is 10.0 Å². The van der Waals surface area contributed by atoms with E-state index >= 15 is 0 Å². The Hall–Kier alpha value is -3.82. The van der Waals surface area contributed by atoms with Crippen molar-refractivity contribution in [3.63, 3.8) is 0 Å². The summed E-state index contributed by atoms with van der Waals surface area (Å²) in [6.07, 6.45) is 0. The minimum Gasteiger partial charge on any atom is -0.288 e. The number of aromatic nitrogens is 3. The molecule has 5 rings (SSSR count). The molecule has 0 aliphatic heterocycles. The van der Waals surface area contributed by atoms with Crippen LogP contribution in [0.1, 0.15) is 22.8 Å². The number of fused-ring (bicyclic) bond motifs is 1. The van der Waals surface area contributed by atoms with E-state index in [4.69, 9.17) is 0 Å². The van der Waals surface area contributed by atoms with E-state index in [1.54, 1.807) is 25.1 Å². The van der Waals surface area contributed by atoms with Crippen LogP contribution in [0.5, 0.6) is 0 Å². The third-order valence-electron chi connectivity index (χ3n) is 5.23. The predicted molar refractivity (Wildman–Crippen MR) is 139 cm³/mol. The Morgan fingerprint density at radius 1 is 1.03 bits per heavy atom. The molecule has 2 heterocycles. The normalized spacial score (nSPS) is 11.6. The highest BCUT2D eigenvalue weighted by atomic mass is 79.9. The molecule has 0 saturated heterocycles. The molecular weight excluding hydrogens is 514 g/mol. The molecule has 2 aromatic heterocycles. The predicted octanol–water partition coefficient (Wildman–Crippen LogP) is 5.36. The number of rotatable bonds is 5. The Kier molecular flexibility index (Phi) is 5.95. The molecule has 3 aromatic carbocycles. The van der Waals surface area contributed by atoms with Gasteiger partial charge in [0.25, 0.3) is 11.5 Å². The van der Waals surface area contributed by atoms with E-state index in [0.29, 0.717) is 32.1 Å². The Labute approximate surface area is 206 Å². The largest absolute Gasteiger partial charge is 0.288 e. The summed E-state index contributed by atoms with van der Waals surface area (Å²) in [4.78, 5) is 30.8. The number of aromatic amines is 1. The highest BCUT2D eigenvalue weighted by molar-refractivity contribution is 9.10. The van der Waals surface area contributed by atoms with Gasteiger partial charge < -0.3 is 0 Å². The minimum absolute atomic E-state index is 0.297. The van der Waals surface area contributed by atoms with Crippen molar-refractivity contribution in [2.24, 2.45) is 5.10 Å². The van der Waals surface area contributed by atoms with Crippen LogP contribution in [0, 0.1) is 0 Å². The lowest BCUT2D eigenvalue weighted by molar-refractivity contribution is 0.0954. The molecule has 1 amide bonds. The fourth-order valence-electron chi connectivity index (χ4n) is 3.57. The third-order valence-corrected chi connectivity index (χ3v) is 6.95. The first-order chi connectivity index (χ1) is 16.5. The van der Waals surface area contributed by atoms with Crippen LogP contribution in [0.4, 0.5) is 0 Å². The van der Waals surface area contributed by atoms with E-state index in [-0.39, 0.29) is 11.5 Å². The number of hydrogen-bond acceptors (Lipinski definition) is 5. The van der Waals surface area contributed by atoms with Gasteiger partial charge in [-0.25, -0.2) is 10.4 Å². The molecule has 5 aromatic rings. The topological polar surface area (TPSA) is 92.1 Å². The molecule has 0 spiro atoms. The number of nitrogens with zero attached hydrogens (tertiary/aromatic N) is 3. The summed E-state index contributed by atoms with van der Waals surface area (Å²) in [5.41, 5.74) is 5.68. The van der Waals surface area contributed by atoms with Crippen molar-refractivity contribution in [2.45, 2.75) is 6.92 Å². The number of hydrogen-bond donors (Lipinski definition) is 2. The SMILES string of the molecule is CC(=NNC(=O)c1ccccc1Br)c1c(-c2ccccc2)[nH]n(-c2nc3ccccc3s2)c1=O. The molecule has 0 bridgehead atoms. The van der Waals surface area contributed by atoms with Gasteiger partial charge in [0.05, 0.1) is 32.7 Å². The number of H-pyrrole nitrogens is 1. The van der Waals surface area contributed by atoms with Crippen molar-refractivity contribution >= 4 is 49.1 Å². The lowest BCUT2D eigenvalue weighted by atomic mass is 10.1. The summed E-state index contributed by atoms with van der Waals surface area (Å²) in [6.45, 7) is 1.69. The van der Waals surface area contributed by atoms with Crippen molar-refractivity contribution in [2.75, 3.05) is 0 Å². The molecule has 168 valence electrons. The van der Waals surface area contributed by atoms with Gasteiger partial charge in [-0.15, -0.1) is 0 Å². The van der Waals surface area contributed by atoms with Crippen LogP contribution in [-0.2, 0) is 0 Å². The number of carbonyl (C=O) groups excluding carboxylic acids is 1. The smallest absolute Gasteiger partial charge is 0.283 e. The van der Waals surface area contributed by atoms with Gasteiger partial charge in [-0.2, -0.15) is 9.78 Å². The van der Waals surface area contributed by atoms with Gasteiger partial charge in [-0.3, -0.25) is 14.7 Å². The Morgan fingerprint density at radius 2 is 1.74 bits per heavy atom. The zero-order valence-corrected chi connectivity index (χ0v) is 20.4. The van der Waals surface area contributed by atoms with Crippen LogP contribution in [0.15, 0.2) is 93.2 Å². The van der Waals surface area contributed by atoms with Crippen LogP contribution in [0.25, 0.3) is 26.6 Å². The Balaban J connectivity index is 1.59. The van der Waals surface area contributed by atoms with Gasteiger partial charge in [-0.05, 0) is 47.1 Å². The average molecular weight is 532 g/mol. The monoisotopic (exact) mass is 531 g/mol. The molecule has 0 saturated carbocycles. The molecule has 34 heavy (non-hydrogen) atoms. The number of amides is 1. The number of benzene rings is 3. The number of thiazole rings is 1. The summed E-state index contributed by atoms with van der Waals surface area (Å²) < 4.78 is 3.06. The molecule has 0 aliphatic carbocycles. The lowest BCUT2D eigenvalue weighted by Gasteiger charge is -2.05. The molecule has 0 unspecified atom stereocenters. The highest BCUT2D eigenvalue weighted by Gasteiger charge is 2.21. The van der Waals surface area contributed by atoms with Gasteiger partial charge in [-0.1, -0.05) is 65.9 Å². The average Bonchev–Trinajstić information content (AvgIpc) is 3.44. The molecule has 7 nitrogen and oxygen atoms in total. The highest BCUT2D eigenvalue weighted by Crippen LogP contribution is 2.26. The van der Waals surface area contributed by atoms with E-state index in [0.717, 1.165) is 15.8 Å². The first-order valence-corrected chi connectivity index (χ1v) is 12.0. The van der Waals surface area contributed by atoms with Crippen LogP contribution >= 0.6 is 27.3 Å². The van der Waals surface area contributed by atoms with Crippen molar-refractivity contribution in [1.29, 1.82) is 0 Å². The van der Waals surface area contributed by atoms with E-state index < -0.39 is 0 Å². The summed E-state index contributed by atoms with van der Waals surface area (Å²) in [7, 11) is 0. The summed E-state index contributed by atoms with van der Waals surface area (Å²) in [5.74, 6) is -0.380. The maximum Gasteiger partial charge on any atom is 0.283 e. The van der Waals surface area contributed by atoms with Crippen LogP contribution in [0.3, 0.4) is 0 Å². The molecule has 0 radical (unpaired) electrons. The van der Waals surface area contributed by atoms with Crippen LogP contribution in [0.2, 0.25) is 0 Å². The fraction of sp³-hybridized carbons (Fsp3) is 0.0400. The molecule has 0 fully saturated rings. The Bertz CT molecular complexity index is 1570. The lowest BCUT2D eigenvalue weighted by Crippen LogP contribution is -2.23. The zero-order valence-electron chi connectivity index (χ0n) is 17.9. The second-order valence-corrected chi connectivity index (χ2v) is 9.31. The van der Waals surface area contributed by atoms with E-state index in [2.05, 4.69) is 36.5 Å².